The van der Waals surface area contributed by atoms with Crippen molar-refractivity contribution in [1.82, 2.24) is 10.2 Å². The van der Waals surface area contributed by atoms with Gasteiger partial charge in [0, 0.05) is 32.0 Å². The molecule has 0 aromatic rings. The fourth-order valence-electron chi connectivity index (χ4n) is 3.93. The zero-order chi connectivity index (χ0) is 13.2. The van der Waals surface area contributed by atoms with Gasteiger partial charge in [0.25, 0.3) is 0 Å². The SMILES string of the molecule is O=C1CCC2CN(C(=O)CC3CCCC3)CCC2N1. The molecule has 1 aliphatic carbocycles. The summed E-state index contributed by atoms with van der Waals surface area (Å²) >= 11 is 0. The highest BCUT2D eigenvalue weighted by Gasteiger charge is 2.35. The lowest BCUT2D eigenvalue weighted by Crippen LogP contribution is -2.55. The van der Waals surface area contributed by atoms with Crippen molar-refractivity contribution in [1.29, 1.82) is 0 Å². The molecule has 2 amide bonds. The summed E-state index contributed by atoms with van der Waals surface area (Å²) in [6, 6.07) is 0.316. The van der Waals surface area contributed by atoms with Gasteiger partial charge in [0.15, 0.2) is 0 Å². The van der Waals surface area contributed by atoms with Crippen LogP contribution >= 0.6 is 0 Å². The van der Waals surface area contributed by atoms with Crippen LogP contribution in [0.3, 0.4) is 0 Å². The number of likely N-dealkylation sites (tertiary alicyclic amines) is 1. The molecule has 2 atom stereocenters. The summed E-state index contributed by atoms with van der Waals surface area (Å²) in [6.45, 7) is 1.68. The Morgan fingerprint density at radius 2 is 2.00 bits per heavy atom. The summed E-state index contributed by atoms with van der Waals surface area (Å²) in [5.74, 6) is 1.66. The first-order valence-corrected chi connectivity index (χ1v) is 7.79. The molecule has 1 N–H and O–H groups in total. The number of amides is 2. The van der Waals surface area contributed by atoms with Gasteiger partial charge in [-0.05, 0) is 37.5 Å². The second kappa shape index (κ2) is 5.51. The Hall–Kier alpha value is -1.06. The van der Waals surface area contributed by atoms with E-state index in [0.717, 1.165) is 32.4 Å². The van der Waals surface area contributed by atoms with Gasteiger partial charge in [0.2, 0.25) is 11.8 Å². The smallest absolute Gasteiger partial charge is 0.222 e. The van der Waals surface area contributed by atoms with Crippen LogP contribution < -0.4 is 5.32 Å². The zero-order valence-electron chi connectivity index (χ0n) is 11.6. The maximum absolute atomic E-state index is 12.3. The third-order valence-corrected chi connectivity index (χ3v) is 5.11. The number of nitrogens with zero attached hydrogens (tertiary/aromatic N) is 1. The van der Waals surface area contributed by atoms with E-state index in [9.17, 15) is 9.59 Å². The van der Waals surface area contributed by atoms with Crippen LogP contribution in [0.1, 0.15) is 51.4 Å². The summed E-state index contributed by atoms with van der Waals surface area (Å²) < 4.78 is 0. The Morgan fingerprint density at radius 3 is 2.79 bits per heavy atom. The summed E-state index contributed by atoms with van der Waals surface area (Å²) in [7, 11) is 0. The second-order valence-electron chi connectivity index (χ2n) is 6.46. The zero-order valence-corrected chi connectivity index (χ0v) is 11.6. The average Bonchev–Trinajstić information content (AvgIpc) is 2.91. The minimum atomic E-state index is 0.187. The van der Waals surface area contributed by atoms with E-state index in [2.05, 4.69) is 10.2 Å². The Labute approximate surface area is 114 Å². The van der Waals surface area contributed by atoms with Crippen molar-refractivity contribution in [2.24, 2.45) is 11.8 Å². The maximum Gasteiger partial charge on any atom is 0.222 e. The molecule has 4 heteroatoms. The minimum Gasteiger partial charge on any atom is -0.353 e. The van der Waals surface area contributed by atoms with Gasteiger partial charge < -0.3 is 10.2 Å². The molecule has 2 unspecified atom stereocenters. The second-order valence-corrected chi connectivity index (χ2v) is 6.46. The van der Waals surface area contributed by atoms with Gasteiger partial charge in [-0.1, -0.05) is 12.8 Å². The average molecular weight is 264 g/mol. The lowest BCUT2D eigenvalue weighted by atomic mass is 9.85. The topological polar surface area (TPSA) is 49.4 Å². The molecule has 0 aromatic heterocycles. The molecular formula is C15H24N2O2. The van der Waals surface area contributed by atoms with Crippen molar-refractivity contribution in [2.75, 3.05) is 13.1 Å². The molecule has 2 aliphatic heterocycles. The number of carbonyl (C=O) groups is 2. The number of hydrogen-bond donors (Lipinski definition) is 1. The van der Waals surface area contributed by atoms with E-state index < -0.39 is 0 Å². The van der Waals surface area contributed by atoms with Gasteiger partial charge in [-0.15, -0.1) is 0 Å². The van der Waals surface area contributed by atoms with Crippen LogP contribution in [0.25, 0.3) is 0 Å². The Kier molecular flexibility index (Phi) is 3.76. The summed E-state index contributed by atoms with van der Waals surface area (Å²) in [4.78, 5) is 25.8. The molecule has 106 valence electrons. The fourth-order valence-corrected chi connectivity index (χ4v) is 3.93. The quantitative estimate of drug-likeness (QED) is 0.825. The van der Waals surface area contributed by atoms with Crippen LogP contribution in [-0.2, 0) is 9.59 Å². The Bertz CT molecular complexity index is 363. The van der Waals surface area contributed by atoms with E-state index in [1.54, 1.807) is 0 Å². The van der Waals surface area contributed by atoms with Crippen molar-refractivity contribution >= 4 is 11.8 Å². The molecule has 3 fully saturated rings. The van der Waals surface area contributed by atoms with Gasteiger partial charge >= 0.3 is 0 Å². The van der Waals surface area contributed by atoms with Crippen LogP contribution in [-0.4, -0.2) is 35.8 Å². The minimum absolute atomic E-state index is 0.187. The lowest BCUT2D eigenvalue weighted by molar-refractivity contribution is -0.135. The highest BCUT2D eigenvalue weighted by molar-refractivity contribution is 5.78. The normalized spacial score (nSPS) is 32.0. The largest absolute Gasteiger partial charge is 0.353 e. The van der Waals surface area contributed by atoms with Crippen LogP contribution in [0.5, 0.6) is 0 Å². The molecule has 0 radical (unpaired) electrons. The van der Waals surface area contributed by atoms with Crippen LogP contribution in [0.4, 0.5) is 0 Å². The van der Waals surface area contributed by atoms with Gasteiger partial charge in [0.1, 0.15) is 0 Å². The molecule has 3 aliphatic rings. The highest BCUT2D eigenvalue weighted by atomic mass is 16.2. The summed E-state index contributed by atoms with van der Waals surface area (Å²) in [5, 5.41) is 3.07. The first-order valence-electron chi connectivity index (χ1n) is 7.79. The van der Waals surface area contributed by atoms with Gasteiger partial charge in [-0.3, -0.25) is 9.59 Å². The van der Waals surface area contributed by atoms with Crippen LogP contribution in [0.15, 0.2) is 0 Å². The highest BCUT2D eigenvalue weighted by Crippen LogP contribution is 2.30. The van der Waals surface area contributed by atoms with Gasteiger partial charge in [-0.2, -0.15) is 0 Å². The van der Waals surface area contributed by atoms with Gasteiger partial charge in [-0.25, -0.2) is 0 Å². The Morgan fingerprint density at radius 1 is 1.21 bits per heavy atom. The van der Waals surface area contributed by atoms with Crippen molar-refractivity contribution in [2.45, 2.75) is 57.4 Å². The molecule has 1 saturated carbocycles. The third-order valence-electron chi connectivity index (χ3n) is 5.11. The molecule has 0 bridgehead atoms. The van der Waals surface area contributed by atoms with E-state index in [1.807, 2.05) is 0 Å². The van der Waals surface area contributed by atoms with Crippen LogP contribution in [0.2, 0.25) is 0 Å². The van der Waals surface area contributed by atoms with E-state index in [1.165, 1.54) is 25.7 Å². The molecule has 0 spiro atoms. The van der Waals surface area contributed by atoms with E-state index in [-0.39, 0.29) is 5.91 Å². The number of fused-ring (bicyclic) bond motifs is 1. The first kappa shape index (κ1) is 12.9. The summed E-state index contributed by atoms with van der Waals surface area (Å²) in [5.41, 5.74) is 0. The molecule has 19 heavy (non-hydrogen) atoms. The number of piperidine rings is 2. The molecule has 2 heterocycles. The summed E-state index contributed by atoms with van der Waals surface area (Å²) in [6.07, 6.45) is 8.35. The van der Waals surface area contributed by atoms with Crippen molar-refractivity contribution in [3.63, 3.8) is 0 Å². The lowest BCUT2D eigenvalue weighted by Gasteiger charge is -2.41. The number of carbonyl (C=O) groups excluding carboxylic acids is 2. The van der Waals surface area contributed by atoms with E-state index in [4.69, 9.17) is 0 Å². The first-order chi connectivity index (χ1) is 9.22. The third kappa shape index (κ3) is 2.93. The maximum atomic E-state index is 12.3. The predicted octanol–water partition coefficient (Wildman–Crippen LogP) is 1.69. The molecule has 4 nitrogen and oxygen atoms in total. The fraction of sp³-hybridized carbons (Fsp3) is 0.867. The predicted molar refractivity (Wildman–Crippen MR) is 72.4 cm³/mol. The van der Waals surface area contributed by atoms with Crippen molar-refractivity contribution in [3.8, 4) is 0 Å². The number of nitrogens with one attached hydrogen (secondary N) is 1. The molecule has 0 aromatic carbocycles. The molecule has 3 rings (SSSR count). The van der Waals surface area contributed by atoms with Gasteiger partial charge in [0.05, 0.1) is 0 Å². The van der Waals surface area contributed by atoms with E-state index >= 15 is 0 Å². The molecule has 2 saturated heterocycles. The number of hydrogen-bond acceptors (Lipinski definition) is 2. The standard InChI is InChI=1S/C15H24N2O2/c18-14-6-5-12-10-17(8-7-13(12)16-14)15(19)9-11-3-1-2-4-11/h11-13H,1-10H2,(H,16,18). The Balaban J connectivity index is 1.52. The monoisotopic (exact) mass is 264 g/mol. The van der Waals surface area contributed by atoms with Crippen molar-refractivity contribution in [3.05, 3.63) is 0 Å². The number of rotatable bonds is 2. The van der Waals surface area contributed by atoms with Crippen LogP contribution in [0, 0.1) is 11.8 Å². The van der Waals surface area contributed by atoms with E-state index in [0.29, 0.717) is 30.2 Å². The van der Waals surface area contributed by atoms with Crippen molar-refractivity contribution < 1.29 is 9.59 Å². The molecular weight excluding hydrogens is 240 g/mol.